The minimum absolute atomic E-state index is 0.170. The van der Waals surface area contributed by atoms with Crippen molar-refractivity contribution in [3.63, 3.8) is 0 Å². The molecule has 2 rings (SSSR count). The molecular formula is C13H11Br2ClINS. The minimum atomic E-state index is 0.170. The third-order valence-corrected chi connectivity index (χ3v) is 6.64. The summed E-state index contributed by atoms with van der Waals surface area (Å²) in [5.41, 5.74) is 1.27. The molecule has 1 aromatic heterocycles. The average Bonchev–Trinajstić information content (AvgIpc) is 2.70. The molecule has 19 heavy (non-hydrogen) atoms. The summed E-state index contributed by atoms with van der Waals surface area (Å²) in [7, 11) is 0. The third-order valence-electron chi connectivity index (χ3n) is 2.63. The maximum atomic E-state index is 6.16. The number of halogens is 4. The van der Waals surface area contributed by atoms with Crippen LogP contribution in [0.2, 0.25) is 5.02 Å². The van der Waals surface area contributed by atoms with Crippen LogP contribution in [0, 0.1) is 3.57 Å². The van der Waals surface area contributed by atoms with E-state index < -0.39 is 0 Å². The van der Waals surface area contributed by atoms with Crippen molar-refractivity contribution in [1.29, 1.82) is 0 Å². The topological polar surface area (TPSA) is 12.0 Å². The van der Waals surface area contributed by atoms with Crippen molar-refractivity contribution in [3.8, 4) is 0 Å². The van der Waals surface area contributed by atoms with E-state index in [4.69, 9.17) is 11.6 Å². The molecule has 2 aromatic rings. The fourth-order valence-corrected chi connectivity index (χ4v) is 4.68. The van der Waals surface area contributed by atoms with Crippen molar-refractivity contribution >= 4 is 77.4 Å². The lowest BCUT2D eigenvalue weighted by molar-refractivity contribution is 0.637. The second-order valence-corrected chi connectivity index (χ2v) is 8.81. The van der Waals surface area contributed by atoms with Gasteiger partial charge in [-0.2, -0.15) is 0 Å². The SMILES string of the molecule is CCNC(c1cc(Cl)c(Br)s1)c1cc(Br)ccc1I. The van der Waals surface area contributed by atoms with Crippen molar-refractivity contribution in [2.75, 3.05) is 6.54 Å². The number of thiophene rings is 1. The second kappa shape index (κ2) is 7.22. The van der Waals surface area contributed by atoms with Crippen molar-refractivity contribution in [2.24, 2.45) is 0 Å². The highest BCUT2D eigenvalue weighted by Crippen LogP contribution is 2.38. The van der Waals surface area contributed by atoms with E-state index >= 15 is 0 Å². The van der Waals surface area contributed by atoms with Gasteiger partial charge in [0, 0.05) is 12.9 Å². The summed E-state index contributed by atoms with van der Waals surface area (Å²) in [5.74, 6) is 0. The number of benzene rings is 1. The summed E-state index contributed by atoms with van der Waals surface area (Å²) in [6.45, 7) is 3.02. The molecule has 0 spiro atoms. The van der Waals surface area contributed by atoms with Crippen molar-refractivity contribution in [2.45, 2.75) is 13.0 Å². The van der Waals surface area contributed by atoms with Gasteiger partial charge in [0.15, 0.2) is 0 Å². The summed E-state index contributed by atoms with van der Waals surface area (Å²) in [4.78, 5) is 1.22. The first-order chi connectivity index (χ1) is 9.02. The Bertz CT molecular complexity index is 569. The first-order valence-electron chi connectivity index (χ1n) is 5.66. The van der Waals surface area contributed by atoms with Gasteiger partial charge in [-0.25, -0.2) is 0 Å². The Hall–Kier alpha value is 0.860. The van der Waals surface area contributed by atoms with Crippen LogP contribution in [0.25, 0.3) is 0 Å². The lowest BCUT2D eigenvalue weighted by Gasteiger charge is -2.18. The van der Waals surface area contributed by atoms with Crippen LogP contribution in [0.3, 0.4) is 0 Å². The quantitative estimate of drug-likeness (QED) is 0.458. The molecule has 1 aromatic carbocycles. The van der Waals surface area contributed by atoms with Gasteiger partial charge in [-0.1, -0.05) is 34.5 Å². The largest absolute Gasteiger partial charge is 0.306 e. The molecule has 0 radical (unpaired) electrons. The van der Waals surface area contributed by atoms with Gasteiger partial charge in [-0.05, 0) is 74.9 Å². The normalized spacial score (nSPS) is 12.7. The monoisotopic (exact) mass is 533 g/mol. The molecule has 6 heteroatoms. The highest BCUT2D eigenvalue weighted by atomic mass is 127. The van der Waals surface area contributed by atoms with Crippen LogP contribution in [0.5, 0.6) is 0 Å². The van der Waals surface area contributed by atoms with Crippen LogP contribution in [0.15, 0.2) is 32.5 Å². The van der Waals surface area contributed by atoms with Gasteiger partial charge in [0.1, 0.15) is 0 Å². The van der Waals surface area contributed by atoms with Gasteiger partial charge >= 0.3 is 0 Å². The summed E-state index contributed by atoms with van der Waals surface area (Å²) >= 11 is 17.2. The first-order valence-corrected chi connectivity index (χ1v) is 9.52. The van der Waals surface area contributed by atoms with Gasteiger partial charge in [0.05, 0.1) is 14.9 Å². The van der Waals surface area contributed by atoms with Crippen molar-refractivity contribution in [1.82, 2.24) is 5.32 Å². The van der Waals surface area contributed by atoms with Gasteiger partial charge in [-0.3, -0.25) is 0 Å². The molecule has 102 valence electrons. The smallest absolute Gasteiger partial charge is 0.0888 e. The van der Waals surface area contributed by atoms with E-state index in [2.05, 4.69) is 84.9 Å². The summed E-state index contributed by atoms with van der Waals surface area (Å²) < 4.78 is 3.32. The van der Waals surface area contributed by atoms with Crippen LogP contribution in [-0.2, 0) is 0 Å². The molecule has 0 saturated carbocycles. The average molecular weight is 535 g/mol. The highest BCUT2D eigenvalue weighted by molar-refractivity contribution is 14.1. The Morgan fingerprint density at radius 1 is 1.37 bits per heavy atom. The summed E-state index contributed by atoms with van der Waals surface area (Å²) in [6, 6.07) is 8.54. The van der Waals surface area contributed by atoms with E-state index in [-0.39, 0.29) is 6.04 Å². The van der Waals surface area contributed by atoms with Crippen molar-refractivity contribution < 1.29 is 0 Å². The molecule has 0 bridgehead atoms. The zero-order chi connectivity index (χ0) is 14.0. The van der Waals surface area contributed by atoms with E-state index in [9.17, 15) is 0 Å². The Kier molecular flexibility index (Phi) is 6.17. The Labute approximate surface area is 152 Å². The zero-order valence-electron chi connectivity index (χ0n) is 10.0. The molecular weight excluding hydrogens is 524 g/mol. The molecule has 0 aliphatic heterocycles. The maximum absolute atomic E-state index is 6.16. The maximum Gasteiger partial charge on any atom is 0.0888 e. The molecule has 1 nitrogen and oxygen atoms in total. The summed E-state index contributed by atoms with van der Waals surface area (Å²) in [6.07, 6.45) is 0. The third kappa shape index (κ3) is 3.95. The van der Waals surface area contributed by atoms with Gasteiger partial charge in [0.2, 0.25) is 0 Å². The molecule has 0 saturated heterocycles. The molecule has 1 N–H and O–H groups in total. The van der Waals surface area contributed by atoms with Gasteiger partial charge in [0.25, 0.3) is 0 Å². The van der Waals surface area contributed by atoms with E-state index in [1.54, 1.807) is 11.3 Å². The molecule has 1 unspecified atom stereocenters. The van der Waals surface area contributed by atoms with Crippen LogP contribution in [0.1, 0.15) is 23.4 Å². The number of nitrogens with one attached hydrogen (secondary N) is 1. The van der Waals surface area contributed by atoms with Crippen LogP contribution in [0.4, 0.5) is 0 Å². The van der Waals surface area contributed by atoms with Crippen LogP contribution >= 0.6 is 77.4 Å². The predicted octanol–water partition coefficient (Wildman–Crippen LogP) is 6.23. The minimum Gasteiger partial charge on any atom is -0.306 e. The van der Waals surface area contributed by atoms with E-state index in [1.165, 1.54) is 14.0 Å². The number of rotatable bonds is 4. The fourth-order valence-electron chi connectivity index (χ4n) is 1.81. The van der Waals surface area contributed by atoms with Crippen LogP contribution < -0.4 is 5.32 Å². The van der Waals surface area contributed by atoms with Crippen molar-refractivity contribution in [3.05, 3.63) is 51.6 Å². The highest BCUT2D eigenvalue weighted by Gasteiger charge is 2.19. The van der Waals surface area contributed by atoms with E-state index in [0.717, 1.165) is 19.8 Å². The molecule has 0 amide bonds. The molecule has 0 aliphatic carbocycles. The van der Waals surface area contributed by atoms with E-state index in [1.807, 2.05) is 6.07 Å². The Balaban J connectivity index is 2.47. The Morgan fingerprint density at radius 2 is 2.11 bits per heavy atom. The van der Waals surface area contributed by atoms with Crippen LogP contribution in [-0.4, -0.2) is 6.54 Å². The molecule has 1 heterocycles. The summed E-state index contributed by atoms with van der Waals surface area (Å²) in [5, 5.41) is 4.30. The number of hydrogen-bond acceptors (Lipinski definition) is 2. The zero-order valence-corrected chi connectivity index (χ0v) is 16.9. The van der Waals surface area contributed by atoms with Gasteiger partial charge in [-0.15, -0.1) is 11.3 Å². The first kappa shape index (κ1) is 16.2. The second-order valence-electron chi connectivity index (χ2n) is 3.93. The lowest BCUT2D eigenvalue weighted by atomic mass is 10.1. The van der Waals surface area contributed by atoms with Gasteiger partial charge < -0.3 is 5.32 Å². The number of hydrogen-bond donors (Lipinski definition) is 1. The van der Waals surface area contributed by atoms with E-state index in [0.29, 0.717) is 0 Å². The predicted molar refractivity (Wildman–Crippen MR) is 99.4 cm³/mol. The fraction of sp³-hybridized carbons (Fsp3) is 0.231. The lowest BCUT2D eigenvalue weighted by Crippen LogP contribution is -2.22. The standard InChI is InChI=1S/C13H11Br2ClINS/c1-2-18-12(11-6-9(16)13(15)19-11)8-5-7(14)3-4-10(8)17/h3-6,12,18H,2H2,1H3. The molecule has 0 aliphatic rings. The molecule has 1 atom stereocenters. The Morgan fingerprint density at radius 3 is 2.68 bits per heavy atom. The molecule has 0 fully saturated rings.